The van der Waals surface area contributed by atoms with Gasteiger partial charge in [-0.1, -0.05) is 41.5 Å². The quantitative estimate of drug-likeness (QED) is 0.857. The molecule has 21 heavy (non-hydrogen) atoms. The SMILES string of the molecule is CC(C)CNCc1sc(N2CC(C)C(C)C2)nc1C(C)C. The summed E-state index contributed by atoms with van der Waals surface area (Å²) in [4.78, 5) is 8.87. The zero-order valence-electron chi connectivity index (χ0n) is 14.4. The van der Waals surface area contributed by atoms with Crippen LogP contribution in [0.3, 0.4) is 0 Å². The maximum Gasteiger partial charge on any atom is 0.185 e. The summed E-state index contributed by atoms with van der Waals surface area (Å²) < 4.78 is 0. The largest absolute Gasteiger partial charge is 0.348 e. The van der Waals surface area contributed by atoms with Gasteiger partial charge in [0.1, 0.15) is 0 Å². The van der Waals surface area contributed by atoms with E-state index in [-0.39, 0.29) is 0 Å². The Bertz CT molecular complexity index is 443. The molecule has 0 bridgehead atoms. The molecule has 1 aromatic heterocycles. The van der Waals surface area contributed by atoms with E-state index in [1.165, 1.54) is 15.7 Å². The second-order valence-corrected chi connectivity index (χ2v) is 8.41. The molecule has 1 aromatic rings. The van der Waals surface area contributed by atoms with E-state index >= 15 is 0 Å². The average molecular weight is 310 g/mol. The Labute approximate surface area is 134 Å². The average Bonchev–Trinajstić information content (AvgIpc) is 2.94. The smallest absolute Gasteiger partial charge is 0.185 e. The number of aromatic nitrogens is 1. The molecule has 0 spiro atoms. The molecular weight excluding hydrogens is 278 g/mol. The molecular formula is C17H31N3S. The van der Waals surface area contributed by atoms with E-state index in [0.29, 0.717) is 11.8 Å². The first-order valence-corrected chi connectivity index (χ1v) is 9.15. The fourth-order valence-corrected chi connectivity index (χ4v) is 4.03. The number of hydrogen-bond acceptors (Lipinski definition) is 4. The highest BCUT2D eigenvalue weighted by Crippen LogP contribution is 2.34. The fourth-order valence-electron chi connectivity index (χ4n) is 2.82. The van der Waals surface area contributed by atoms with Crippen LogP contribution < -0.4 is 10.2 Å². The lowest BCUT2D eigenvalue weighted by atomic mass is 10.0. The van der Waals surface area contributed by atoms with Gasteiger partial charge < -0.3 is 10.2 Å². The molecule has 0 aromatic carbocycles. The second-order valence-electron chi connectivity index (χ2n) is 7.34. The van der Waals surface area contributed by atoms with Gasteiger partial charge in [-0.3, -0.25) is 0 Å². The molecule has 0 aliphatic carbocycles. The lowest BCUT2D eigenvalue weighted by Crippen LogP contribution is -2.19. The summed E-state index contributed by atoms with van der Waals surface area (Å²) in [6, 6.07) is 0. The van der Waals surface area contributed by atoms with Crippen molar-refractivity contribution in [3.8, 4) is 0 Å². The van der Waals surface area contributed by atoms with Crippen molar-refractivity contribution in [2.24, 2.45) is 17.8 Å². The van der Waals surface area contributed by atoms with Crippen molar-refractivity contribution in [2.45, 2.75) is 54.0 Å². The van der Waals surface area contributed by atoms with Crippen molar-refractivity contribution in [1.82, 2.24) is 10.3 Å². The van der Waals surface area contributed by atoms with Gasteiger partial charge >= 0.3 is 0 Å². The molecule has 1 fully saturated rings. The monoisotopic (exact) mass is 309 g/mol. The van der Waals surface area contributed by atoms with Crippen LogP contribution in [0.25, 0.3) is 0 Å². The molecule has 0 amide bonds. The van der Waals surface area contributed by atoms with Crippen LogP contribution in [0.1, 0.15) is 58.0 Å². The van der Waals surface area contributed by atoms with Gasteiger partial charge in [0.2, 0.25) is 0 Å². The molecule has 4 heteroatoms. The van der Waals surface area contributed by atoms with Crippen LogP contribution in [0.4, 0.5) is 5.13 Å². The van der Waals surface area contributed by atoms with E-state index in [1.807, 2.05) is 11.3 Å². The first kappa shape index (κ1) is 16.8. The first-order valence-electron chi connectivity index (χ1n) is 8.33. The van der Waals surface area contributed by atoms with Crippen molar-refractivity contribution >= 4 is 16.5 Å². The second kappa shape index (κ2) is 7.10. The van der Waals surface area contributed by atoms with Crippen LogP contribution >= 0.6 is 11.3 Å². The number of rotatable bonds is 6. The van der Waals surface area contributed by atoms with Crippen LogP contribution in [0.15, 0.2) is 0 Å². The summed E-state index contributed by atoms with van der Waals surface area (Å²) in [6.07, 6.45) is 0. The van der Waals surface area contributed by atoms with Gasteiger partial charge in [-0.05, 0) is 30.2 Å². The van der Waals surface area contributed by atoms with E-state index in [1.54, 1.807) is 0 Å². The van der Waals surface area contributed by atoms with E-state index in [2.05, 4.69) is 51.8 Å². The molecule has 1 aliphatic rings. The maximum atomic E-state index is 4.96. The zero-order chi connectivity index (χ0) is 15.6. The van der Waals surface area contributed by atoms with E-state index < -0.39 is 0 Å². The molecule has 2 heterocycles. The van der Waals surface area contributed by atoms with Gasteiger partial charge in [0.05, 0.1) is 5.69 Å². The molecule has 1 aliphatic heterocycles. The number of nitrogens with zero attached hydrogens (tertiary/aromatic N) is 2. The van der Waals surface area contributed by atoms with Crippen LogP contribution in [0.5, 0.6) is 0 Å². The third-order valence-corrected chi connectivity index (χ3v) is 5.49. The summed E-state index contributed by atoms with van der Waals surface area (Å²) >= 11 is 1.89. The lowest BCUT2D eigenvalue weighted by molar-refractivity contribution is 0.494. The summed E-state index contributed by atoms with van der Waals surface area (Å²) in [7, 11) is 0. The van der Waals surface area contributed by atoms with Gasteiger partial charge in [-0.25, -0.2) is 4.98 Å². The fraction of sp³-hybridized carbons (Fsp3) is 0.824. The van der Waals surface area contributed by atoms with E-state index in [4.69, 9.17) is 4.98 Å². The zero-order valence-corrected chi connectivity index (χ0v) is 15.3. The topological polar surface area (TPSA) is 28.2 Å². The van der Waals surface area contributed by atoms with Gasteiger partial charge in [0.15, 0.2) is 5.13 Å². The Balaban J connectivity index is 2.09. The molecule has 120 valence electrons. The molecule has 2 atom stereocenters. The van der Waals surface area contributed by atoms with Crippen molar-refractivity contribution in [1.29, 1.82) is 0 Å². The molecule has 1 N–H and O–H groups in total. The summed E-state index contributed by atoms with van der Waals surface area (Å²) in [6.45, 7) is 18.1. The first-order chi connectivity index (χ1) is 9.88. The minimum atomic E-state index is 0.503. The summed E-state index contributed by atoms with van der Waals surface area (Å²) in [5, 5.41) is 4.80. The summed E-state index contributed by atoms with van der Waals surface area (Å²) in [5.41, 5.74) is 1.29. The number of nitrogens with one attached hydrogen (secondary N) is 1. The highest BCUT2D eigenvalue weighted by atomic mass is 32.1. The predicted molar refractivity (Wildman–Crippen MR) is 93.3 cm³/mol. The Morgan fingerprint density at radius 2 is 1.81 bits per heavy atom. The number of hydrogen-bond donors (Lipinski definition) is 1. The van der Waals surface area contributed by atoms with Gasteiger partial charge in [-0.2, -0.15) is 0 Å². The standard InChI is InChI=1S/C17H31N3S/c1-11(2)7-18-8-15-16(12(3)4)19-17(21-15)20-9-13(5)14(6)10-20/h11-14,18H,7-10H2,1-6H3. The van der Waals surface area contributed by atoms with E-state index in [0.717, 1.165) is 38.0 Å². The van der Waals surface area contributed by atoms with Gasteiger partial charge in [-0.15, -0.1) is 11.3 Å². The molecule has 2 unspecified atom stereocenters. The van der Waals surface area contributed by atoms with Gasteiger partial charge in [0.25, 0.3) is 0 Å². The predicted octanol–water partition coefficient (Wildman–Crippen LogP) is 4.10. The minimum absolute atomic E-state index is 0.503. The molecule has 0 saturated carbocycles. The van der Waals surface area contributed by atoms with Crippen LogP contribution in [0.2, 0.25) is 0 Å². The molecule has 2 rings (SSSR count). The Kier molecular flexibility index (Phi) is 5.67. The van der Waals surface area contributed by atoms with Crippen LogP contribution in [-0.2, 0) is 6.54 Å². The normalized spacial score (nSPS) is 22.8. The van der Waals surface area contributed by atoms with Crippen LogP contribution in [-0.4, -0.2) is 24.6 Å². The van der Waals surface area contributed by atoms with Crippen molar-refractivity contribution in [2.75, 3.05) is 24.5 Å². The lowest BCUT2D eigenvalue weighted by Gasteiger charge is -2.13. The van der Waals surface area contributed by atoms with Crippen molar-refractivity contribution in [3.63, 3.8) is 0 Å². The summed E-state index contributed by atoms with van der Waals surface area (Å²) in [5.74, 6) is 2.75. The van der Waals surface area contributed by atoms with Crippen molar-refractivity contribution in [3.05, 3.63) is 10.6 Å². The maximum absolute atomic E-state index is 4.96. The number of anilines is 1. The van der Waals surface area contributed by atoms with E-state index in [9.17, 15) is 0 Å². The molecule has 1 saturated heterocycles. The Morgan fingerprint density at radius 3 is 2.33 bits per heavy atom. The highest BCUT2D eigenvalue weighted by molar-refractivity contribution is 7.15. The van der Waals surface area contributed by atoms with Gasteiger partial charge in [0, 0.05) is 24.5 Å². The highest BCUT2D eigenvalue weighted by Gasteiger charge is 2.29. The third-order valence-electron chi connectivity index (χ3n) is 4.36. The minimum Gasteiger partial charge on any atom is -0.348 e. The molecule has 0 radical (unpaired) electrons. The van der Waals surface area contributed by atoms with Crippen molar-refractivity contribution < 1.29 is 0 Å². The number of thiazole rings is 1. The third kappa shape index (κ3) is 4.19. The molecule has 3 nitrogen and oxygen atoms in total. The van der Waals surface area contributed by atoms with Crippen LogP contribution in [0, 0.1) is 17.8 Å². The Hall–Kier alpha value is -0.610. The Morgan fingerprint density at radius 1 is 1.19 bits per heavy atom.